The zero-order valence-corrected chi connectivity index (χ0v) is 16.6. The highest BCUT2D eigenvalue weighted by molar-refractivity contribution is 5.94. The molecule has 1 aliphatic carbocycles. The number of rotatable bonds is 7. The Labute approximate surface area is 171 Å². The summed E-state index contributed by atoms with van der Waals surface area (Å²) < 4.78 is 11.3. The summed E-state index contributed by atoms with van der Waals surface area (Å²) in [6.07, 6.45) is 6.37. The quantitative estimate of drug-likeness (QED) is 0.734. The van der Waals surface area contributed by atoms with Gasteiger partial charge in [-0.1, -0.05) is 18.2 Å². The lowest BCUT2D eigenvalue weighted by molar-refractivity contribution is -0.107. The van der Waals surface area contributed by atoms with E-state index in [2.05, 4.69) is 17.4 Å². The number of carbonyl (C=O) groups is 2. The van der Waals surface area contributed by atoms with E-state index in [1.165, 1.54) is 11.1 Å². The average molecular weight is 393 g/mol. The lowest BCUT2D eigenvalue weighted by Crippen LogP contribution is -2.38. The molecule has 29 heavy (non-hydrogen) atoms. The lowest BCUT2D eigenvalue weighted by Gasteiger charge is -2.26. The SMILES string of the molecule is O=CCc1ccc2c(c1)CC[C@H](NC(=O)c1ccc(OC[C@@H]3CCCO3)cc1)C2. The molecule has 1 amide bonds. The first-order chi connectivity index (χ1) is 14.2. The first-order valence-corrected chi connectivity index (χ1v) is 10.4. The number of nitrogens with one attached hydrogen (secondary N) is 1. The third kappa shape index (κ3) is 5.04. The molecule has 2 aromatic rings. The van der Waals surface area contributed by atoms with Crippen molar-refractivity contribution in [1.82, 2.24) is 5.32 Å². The van der Waals surface area contributed by atoms with Gasteiger partial charge in [-0.15, -0.1) is 0 Å². The summed E-state index contributed by atoms with van der Waals surface area (Å²) in [4.78, 5) is 23.3. The molecule has 0 bridgehead atoms. The Bertz CT molecular complexity index is 856. The Kier molecular flexibility index (Phi) is 6.25. The van der Waals surface area contributed by atoms with Crippen LogP contribution in [0.5, 0.6) is 5.75 Å². The van der Waals surface area contributed by atoms with E-state index in [0.717, 1.165) is 56.3 Å². The van der Waals surface area contributed by atoms with E-state index in [1.54, 1.807) is 0 Å². The Morgan fingerprint density at radius 2 is 2.00 bits per heavy atom. The van der Waals surface area contributed by atoms with Gasteiger partial charge in [-0.3, -0.25) is 4.79 Å². The third-order valence-corrected chi connectivity index (χ3v) is 5.73. The summed E-state index contributed by atoms with van der Waals surface area (Å²) in [5.74, 6) is 0.705. The highest BCUT2D eigenvalue weighted by Gasteiger charge is 2.21. The maximum absolute atomic E-state index is 12.6. The van der Waals surface area contributed by atoms with E-state index in [-0.39, 0.29) is 18.1 Å². The predicted octanol–water partition coefficient (Wildman–Crippen LogP) is 3.27. The van der Waals surface area contributed by atoms with Crippen LogP contribution in [-0.4, -0.2) is 37.6 Å². The molecule has 1 heterocycles. The molecule has 1 saturated heterocycles. The van der Waals surface area contributed by atoms with Gasteiger partial charge in [-0.2, -0.15) is 0 Å². The lowest BCUT2D eigenvalue weighted by atomic mass is 9.87. The van der Waals surface area contributed by atoms with Crippen molar-refractivity contribution in [2.24, 2.45) is 0 Å². The summed E-state index contributed by atoms with van der Waals surface area (Å²) in [5.41, 5.74) is 4.25. The summed E-state index contributed by atoms with van der Waals surface area (Å²) in [6.45, 7) is 1.38. The number of benzene rings is 2. The Hall–Kier alpha value is -2.66. The topological polar surface area (TPSA) is 64.6 Å². The molecule has 0 radical (unpaired) electrons. The molecule has 2 aromatic carbocycles. The molecule has 5 heteroatoms. The van der Waals surface area contributed by atoms with Gasteiger partial charge in [0.25, 0.3) is 5.91 Å². The highest BCUT2D eigenvalue weighted by atomic mass is 16.5. The van der Waals surface area contributed by atoms with E-state index in [4.69, 9.17) is 9.47 Å². The van der Waals surface area contributed by atoms with Crippen LogP contribution in [-0.2, 0) is 28.8 Å². The molecule has 0 aromatic heterocycles. The molecule has 4 rings (SSSR count). The normalized spacial score (nSPS) is 20.7. The maximum Gasteiger partial charge on any atom is 0.251 e. The second kappa shape index (κ2) is 9.23. The van der Waals surface area contributed by atoms with Crippen LogP contribution in [0.15, 0.2) is 42.5 Å². The summed E-state index contributed by atoms with van der Waals surface area (Å²) >= 11 is 0. The molecule has 0 spiro atoms. The third-order valence-electron chi connectivity index (χ3n) is 5.73. The smallest absolute Gasteiger partial charge is 0.251 e. The second-order valence-electron chi connectivity index (χ2n) is 7.86. The van der Waals surface area contributed by atoms with Crippen LogP contribution in [0.2, 0.25) is 0 Å². The van der Waals surface area contributed by atoms with Gasteiger partial charge in [-0.05, 0) is 73.1 Å². The van der Waals surface area contributed by atoms with Gasteiger partial charge < -0.3 is 19.6 Å². The van der Waals surface area contributed by atoms with Crippen molar-refractivity contribution in [3.8, 4) is 5.75 Å². The zero-order valence-electron chi connectivity index (χ0n) is 16.6. The van der Waals surface area contributed by atoms with Crippen LogP contribution < -0.4 is 10.1 Å². The van der Waals surface area contributed by atoms with Crippen molar-refractivity contribution in [1.29, 1.82) is 0 Å². The van der Waals surface area contributed by atoms with E-state index in [9.17, 15) is 9.59 Å². The van der Waals surface area contributed by atoms with Crippen molar-refractivity contribution in [2.45, 2.75) is 50.7 Å². The minimum Gasteiger partial charge on any atom is -0.491 e. The number of amides is 1. The molecule has 2 aliphatic rings. The summed E-state index contributed by atoms with van der Waals surface area (Å²) in [5, 5.41) is 3.16. The molecule has 2 atom stereocenters. The molecule has 1 aliphatic heterocycles. The minimum atomic E-state index is -0.0540. The monoisotopic (exact) mass is 393 g/mol. The van der Waals surface area contributed by atoms with Gasteiger partial charge in [0.15, 0.2) is 0 Å². The van der Waals surface area contributed by atoms with Crippen LogP contribution in [0.4, 0.5) is 0 Å². The van der Waals surface area contributed by atoms with Crippen LogP contribution in [0.3, 0.4) is 0 Å². The largest absolute Gasteiger partial charge is 0.491 e. The minimum absolute atomic E-state index is 0.0540. The predicted molar refractivity (Wildman–Crippen MR) is 110 cm³/mol. The summed E-state index contributed by atoms with van der Waals surface area (Å²) in [6, 6.07) is 13.6. The van der Waals surface area contributed by atoms with E-state index in [0.29, 0.717) is 18.6 Å². The fourth-order valence-corrected chi connectivity index (χ4v) is 4.09. The van der Waals surface area contributed by atoms with Crippen LogP contribution >= 0.6 is 0 Å². The van der Waals surface area contributed by atoms with Gasteiger partial charge in [-0.25, -0.2) is 0 Å². The van der Waals surface area contributed by atoms with Crippen molar-refractivity contribution >= 4 is 12.2 Å². The molecule has 1 fully saturated rings. The number of aryl methyl sites for hydroxylation is 1. The maximum atomic E-state index is 12.6. The van der Waals surface area contributed by atoms with Gasteiger partial charge in [0.05, 0.1) is 6.10 Å². The van der Waals surface area contributed by atoms with E-state index < -0.39 is 0 Å². The van der Waals surface area contributed by atoms with Gasteiger partial charge in [0.1, 0.15) is 18.6 Å². The number of hydrogen-bond donors (Lipinski definition) is 1. The van der Waals surface area contributed by atoms with Crippen molar-refractivity contribution in [3.05, 3.63) is 64.7 Å². The number of carbonyl (C=O) groups excluding carboxylic acids is 2. The molecular formula is C24H27NO4. The first kappa shape index (κ1) is 19.6. The fourth-order valence-electron chi connectivity index (χ4n) is 4.09. The summed E-state index contributed by atoms with van der Waals surface area (Å²) in [7, 11) is 0. The molecule has 0 saturated carbocycles. The Morgan fingerprint density at radius 1 is 1.14 bits per heavy atom. The average Bonchev–Trinajstić information content (AvgIpc) is 3.27. The second-order valence-corrected chi connectivity index (χ2v) is 7.86. The zero-order chi connectivity index (χ0) is 20.1. The van der Waals surface area contributed by atoms with E-state index >= 15 is 0 Å². The van der Waals surface area contributed by atoms with E-state index in [1.807, 2.05) is 30.3 Å². The van der Waals surface area contributed by atoms with Gasteiger partial charge in [0, 0.05) is 24.6 Å². The van der Waals surface area contributed by atoms with Gasteiger partial charge >= 0.3 is 0 Å². The van der Waals surface area contributed by atoms with Crippen molar-refractivity contribution < 1.29 is 19.1 Å². The molecule has 152 valence electrons. The molecule has 0 unspecified atom stereocenters. The van der Waals surface area contributed by atoms with Crippen molar-refractivity contribution in [3.63, 3.8) is 0 Å². The van der Waals surface area contributed by atoms with Crippen LogP contribution in [0.25, 0.3) is 0 Å². The molecular weight excluding hydrogens is 366 g/mol. The molecule has 5 nitrogen and oxygen atoms in total. The van der Waals surface area contributed by atoms with Crippen LogP contribution in [0, 0.1) is 0 Å². The fraction of sp³-hybridized carbons (Fsp3) is 0.417. The van der Waals surface area contributed by atoms with Crippen LogP contribution in [0.1, 0.15) is 46.3 Å². The number of hydrogen-bond acceptors (Lipinski definition) is 4. The number of fused-ring (bicyclic) bond motifs is 1. The number of aldehydes is 1. The highest BCUT2D eigenvalue weighted by Crippen LogP contribution is 2.23. The van der Waals surface area contributed by atoms with Gasteiger partial charge in [0.2, 0.25) is 0 Å². The number of ether oxygens (including phenoxy) is 2. The molecule has 1 N–H and O–H groups in total. The Morgan fingerprint density at radius 3 is 2.76 bits per heavy atom. The Balaban J connectivity index is 1.30. The standard InChI is InChI=1S/C24H27NO4/c26-12-11-17-3-4-20-15-21(8-5-19(20)14-17)25-24(27)18-6-9-22(10-7-18)29-16-23-2-1-13-28-23/h3-4,6-7,9-10,12,14,21,23H,1-2,5,8,11,13,15-16H2,(H,25,27)/t21-,23-/m0/s1. The first-order valence-electron chi connectivity index (χ1n) is 10.4. The van der Waals surface area contributed by atoms with Crippen molar-refractivity contribution in [2.75, 3.05) is 13.2 Å².